The maximum Gasteiger partial charge on any atom is 1.00 e. The molecule has 0 aromatic rings. The van der Waals surface area contributed by atoms with Gasteiger partial charge in [0.05, 0.1) is 48.8 Å². The van der Waals surface area contributed by atoms with E-state index in [1.54, 1.807) is 0 Å². The van der Waals surface area contributed by atoms with Crippen molar-refractivity contribution in [1.29, 1.82) is 0 Å². The van der Waals surface area contributed by atoms with Gasteiger partial charge in [0, 0.05) is 35.5 Å². The molecular formula is C40H60BNaO14. The van der Waals surface area contributed by atoms with E-state index < -0.39 is 114 Å². The number of rotatable bonds is 0. The van der Waals surface area contributed by atoms with E-state index in [1.165, 1.54) is 0 Å². The molecule has 0 saturated carbocycles. The summed E-state index contributed by atoms with van der Waals surface area (Å²) in [5.74, 6) is -6.02. The van der Waals surface area contributed by atoms with Gasteiger partial charge in [0.25, 0.3) is 0 Å². The fourth-order valence-corrected chi connectivity index (χ4v) is 10.1. The molecule has 6 saturated heterocycles. The number of hydrogen-bond donors (Lipinski definition) is 2. The van der Waals surface area contributed by atoms with Crippen LogP contribution in [0, 0.1) is 22.7 Å². The summed E-state index contributed by atoms with van der Waals surface area (Å²) in [6.45, 7) is 11.8. The summed E-state index contributed by atoms with van der Waals surface area (Å²) >= 11 is 0. The second kappa shape index (κ2) is 15.5. The number of carbonyl (C=O) groups is 2. The van der Waals surface area contributed by atoms with Gasteiger partial charge in [-0.05, 0) is 52.4 Å². The number of aliphatic hydroxyl groups is 2. The van der Waals surface area contributed by atoms with Crippen molar-refractivity contribution >= 4 is 18.9 Å². The number of carbonyl (C=O) groups excluding carboxylic acids is 2. The summed E-state index contributed by atoms with van der Waals surface area (Å²) in [6.07, 6.45) is 2.49. The predicted octanol–water partition coefficient (Wildman–Crippen LogP) is 1.15. The van der Waals surface area contributed by atoms with Crippen LogP contribution in [0.1, 0.15) is 107 Å². The summed E-state index contributed by atoms with van der Waals surface area (Å²) in [5, 5.41) is 23.3. The first-order valence-electron chi connectivity index (χ1n) is 20.5. The molecular weight excluding hydrogens is 738 g/mol. The van der Waals surface area contributed by atoms with Crippen molar-refractivity contribution in [2.45, 2.75) is 192 Å². The van der Waals surface area contributed by atoms with Crippen LogP contribution in [0.15, 0.2) is 24.3 Å². The topological polar surface area (TPSA) is 167 Å². The fourth-order valence-electron chi connectivity index (χ4n) is 10.1. The standard InChI is InChI=1S/C40H60BO14.Na/c1-21-15-17-31-37(5,6)29(42)13-9-11-26-20-28(24(4)47-26)49-36(45)34-40-22(2)16-18-32(51-40)38(7,8)30(43)14-10-12-25-19-27(23(3)46-25)48-35(44)33-39(21,50-31)54-41(52-33,53-34)55-40;/h9-12,21-34,42-43H,13-20H2,1-8H3;/q-1;+1/b11-9+,12-10+;/t21-,22-,23-,24-,25-,26-,27+,28+,29-,30-,31-,32+,33+,34+,39+,40+,41?;/m1./s1. The molecule has 8 rings (SSSR count). The summed E-state index contributed by atoms with van der Waals surface area (Å²) < 4.78 is 65.8. The van der Waals surface area contributed by atoms with E-state index in [4.69, 9.17) is 47.0 Å². The van der Waals surface area contributed by atoms with Crippen LogP contribution in [0.4, 0.5) is 0 Å². The van der Waals surface area contributed by atoms with Crippen molar-refractivity contribution in [2.75, 3.05) is 0 Å². The number of ether oxygens (including phenoxy) is 6. The van der Waals surface area contributed by atoms with E-state index in [1.807, 2.05) is 79.7 Å². The van der Waals surface area contributed by atoms with Gasteiger partial charge in [-0.25, -0.2) is 9.59 Å². The number of aliphatic hydroxyl groups excluding tert-OH is 2. The van der Waals surface area contributed by atoms with Gasteiger partial charge in [0.15, 0.2) is 23.8 Å². The third-order valence-corrected chi connectivity index (χ3v) is 14.3. The molecule has 11 bridgehead atoms. The van der Waals surface area contributed by atoms with E-state index in [9.17, 15) is 19.8 Å². The predicted molar refractivity (Wildman–Crippen MR) is 194 cm³/mol. The SMILES string of the molecule is C[C@@H]1CC[C@@H]2O[C@]13O[B-]14O[C@H]3C(=O)O[C@H]3C[C@@H](/C=C/C[C@@H](O)C(C)(C)[C@H]5CC[C@@H](C)[C@](O5)(O1)[C@@H](O4)C(=O)O[C@H]1C[C@@H](/C=C/C[C@@H](O)C2(C)C)O[C@@H]1C)O[C@@H]3C.[Na+]. The molecule has 16 heteroatoms. The zero-order valence-electron chi connectivity index (χ0n) is 34.4. The Morgan fingerprint density at radius 3 is 1.43 bits per heavy atom. The Hall–Kier alpha value is -0.915. The molecule has 1 unspecified atom stereocenters. The summed E-state index contributed by atoms with van der Waals surface area (Å²) in [5.41, 5.74) is -1.64. The zero-order chi connectivity index (χ0) is 39.3. The minimum atomic E-state index is -3.42. The molecule has 0 aliphatic carbocycles. The molecule has 8 heterocycles. The molecule has 2 N–H and O–H groups in total. The molecule has 0 radical (unpaired) electrons. The van der Waals surface area contributed by atoms with Crippen LogP contribution in [0.5, 0.6) is 0 Å². The molecule has 0 amide bonds. The number of fused-ring (bicyclic) bond motifs is 8. The third kappa shape index (κ3) is 7.23. The molecule has 14 nitrogen and oxygen atoms in total. The Morgan fingerprint density at radius 2 is 1.04 bits per heavy atom. The zero-order valence-corrected chi connectivity index (χ0v) is 36.4. The first kappa shape index (κ1) is 43.2. The van der Waals surface area contributed by atoms with E-state index in [2.05, 4.69) is 0 Å². The Morgan fingerprint density at radius 1 is 0.643 bits per heavy atom. The molecule has 6 fully saturated rings. The average molecular weight is 799 g/mol. The van der Waals surface area contributed by atoms with Crippen molar-refractivity contribution in [3.05, 3.63) is 24.3 Å². The molecule has 3 spiro atoms. The van der Waals surface area contributed by atoms with E-state index in [0.717, 1.165) is 0 Å². The van der Waals surface area contributed by atoms with Crippen LogP contribution < -0.4 is 29.6 Å². The van der Waals surface area contributed by atoms with Crippen molar-refractivity contribution < 1.29 is 96.4 Å². The molecule has 308 valence electrons. The third-order valence-electron chi connectivity index (χ3n) is 14.3. The fraction of sp³-hybridized carbons (Fsp3) is 0.850. The minimum absolute atomic E-state index is 0. The number of hydrogen-bond acceptors (Lipinski definition) is 14. The Labute approximate surface area is 352 Å². The van der Waals surface area contributed by atoms with Gasteiger partial charge >= 0.3 is 48.5 Å². The molecule has 17 atom stereocenters. The van der Waals surface area contributed by atoms with E-state index >= 15 is 0 Å². The molecule has 8 aliphatic heterocycles. The molecule has 0 aromatic heterocycles. The van der Waals surface area contributed by atoms with Gasteiger partial charge in [-0.15, -0.1) is 0 Å². The first-order chi connectivity index (χ1) is 25.9. The van der Waals surface area contributed by atoms with Crippen molar-refractivity contribution in [3.63, 3.8) is 0 Å². The van der Waals surface area contributed by atoms with Gasteiger partial charge in [-0.1, -0.05) is 65.8 Å². The Kier molecular flexibility index (Phi) is 12.0. The van der Waals surface area contributed by atoms with Crippen LogP contribution in [-0.2, 0) is 56.6 Å². The molecule has 0 aromatic carbocycles. The van der Waals surface area contributed by atoms with Crippen molar-refractivity contribution in [1.82, 2.24) is 0 Å². The van der Waals surface area contributed by atoms with Crippen molar-refractivity contribution in [2.24, 2.45) is 22.7 Å². The van der Waals surface area contributed by atoms with Crippen molar-refractivity contribution in [3.8, 4) is 0 Å². The van der Waals surface area contributed by atoms with E-state index in [0.29, 0.717) is 51.4 Å². The van der Waals surface area contributed by atoms with Gasteiger partial charge in [-0.2, -0.15) is 0 Å². The van der Waals surface area contributed by atoms with Gasteiger partial charge in [-0.3, -0.25) is 0 Å². The van der Waals surface area contributed by atoms with Crippen LogP contribution in [0.25, 0.3) is 0 Å². The largest absolute Gasteiger partial charge is 1.00 e. The summed E-state index contributed by atoms with van der Waals surface area (Å²) in [7, 11) is 0. The first-order valence-corrected chi connectivity index (χ1v) is 20.5. The smallest absolute Gasteiger partial charge is 0.504 e. The maximum atomic E-state index is 14.6. The normalized spacial score (nSPS) is 52.3. The van der Waals surface area contributed by atoms with Crippen LogP contribution in [0.2, 0.25) is 0 Å². The minimum Gasteiger partial charge on any atom is -0.504 e. The monoisotopic (exact) mass is 798 g/mol. The molecule has 56 heavy (non-hydrogen) atoms. The van der Waals surface area contributed by atoms with Crippen LogP contribution >= 0.6 is 0 Å². The molecule has 8 aliphatic rings. The maximum absolute atomic E-state index is 14.6. The Bertz CT molecular complexity index is 1450. The average Bonchev–Trinajstić information content (AvgIpc) is 3.84. The Balaban J connectivity index is 0.00000480. The van der Waals surface area contributed by atoms with Gasteiger partial charge in [0.1, 0.15) is 12.2 Å². The van der Waals surface area contributed by atoms with Crippen LogP contribution in [-0.4, -0.2) is 114 Å². The quantitative estimate of drug-likeness (QED) is 0.204. The number of esters is 2. The van der Waals surface area contributed by atoms with E-state index in [-0.39, 0.29) is 41.8 Å². The van der Waals surface area contributed by atoms with Crippen LogP contribution in [0.3, 0.4) is 0 Å². The van der Waals surface area contributed by atoms with Gasteiger partial charge in [0.2, 0.25) is 0 Å². The summed E-state index contributed by atoms with van der Waals surface area (Å²) in [6, 6.07) is 0. The second-order valence-electron chi connectivity index (χ2n) is 18.6. The summed E-state index contributed by atoms with van der Waals surface area (Å²) in [4.78, 5) is 29.2. The second-order valence-corrected chi connectivity index (χ2v) is 18.6. The van der Waals surface area contributed by atoms with Gasteiger partial charge < -0.3 is 57.3 Å².